The van der Waals surface area contributed by atoms with E-state index in [0.717, 1.165) is 5.82 Å². The van der Waals surface area contributed by atoms with Gasteiger partial charge >= 0.3 is 0 Å². The molecule has 0 unspecified atom stereocenters. The maximum Gasteiger partial charge on any atom is 0.263 e. The number of nitrogens with zero attached hydrogens (tertiary/aromatic N) is 5. The van der Waals surface area contributed by atoms with E-state index in [1.165, 1.54) is 20.0 Å². The molecule has 4 heterocycles. The van der Waals surface area contributed by atoms with Gasteiger partial charge in [-0.3, -0.25) is 4.40 Å². The van der Waals surface area contributed by atoms with Crippen molar-refractivity contribution in [2.75, 3.05) is 12.3 Å². The summed E-state index contributed by atoms with van der Waals surface area (Å²) in [5.74, 6) is 0.769. The fourth-order valence-corrected chi connectivity index (χ4v) is 4.85. The Bertz CT molecular complexity index is 922. The topological polar surface area (TPSA) is 98.5 Å². The van der Waals surface area contributed by atoms with Crippen molar-refractivity contribution in [1.29, 1.82) is 0 Å². The Hall–Kier alpha value is -1.91. The Morgan fingerprint density at radius 1 is 1.29 bits per heavy atom. The fourth-order valence-electron chi connectivity index (χ4n) is 2.52. The minimum absolute atomic E-state index is 0.0377. The smallest absolute Gasteiger partial charge is 0.263 e. The molecule has 10 heteroatoms. The summed E-state index contributed by atoms with van der Waals surface area (Å²) < 4.78 is 30.6. The number of nitrogen functional groups attached to an aromatic ring is 1. The number of hydrogen-bond acceptors (Lipinski definition) is 6. The molecule has 110 valence electrons. The third-order valence-electron chi connectivity index (χ3n) is 3.54. The zero-order chi connectivity index (χ0) is 14.6. The lowest BCUT2D eigenvalue weighted by Gasteiger charge is -2.26. The van der Waals surface area contributed by atoms with Crippen LogP contribution in [0.1, 0.15) is 5.82 Å². The van der Waals surface area contributed by atoms with Gasteiger partial charge in [0.05, 0.1) is 6.54 Å². The first kappa shape index (κ1) is 12.8. The van der Waals surface area contributed by atoms with Gasteiger partial charge in [0, 0.05) is 37.1 Å². The summed E-state index contributed by atoms with van der Waals surface area (Å²) in [7, 11) is -3.70. The molecule has 0 saturated carbocycles. The van der Waals surface area contributed by atoms with Gasteiger partial charge in [-0.15, -0.1) is 11.3 Å². The molecule has 0 atom stereocenters. The molecule has 1 aliphatic heterocycles. The number of sulfonamides is 1. The average Bonchev–Trinajstić information content (AvgIpc) is 3.11. The van der Waals surface area contributed by atoms with Gasteiger partial charge in [0.2, 0.25) is 0 Å². The first-order valence-corrected chi connectivity index (χ1v) is 8.60. The third kappa shape index (κ3) is 1.79. The first-order valence-electron chi connectivity index (χ1n) is 6.28. The molecule has 0 aliphatic carbocycles. The van der Waals surface area contributed by atoms with E-state index < -0.39 is 10.0 Å². The number of rotatable bonds is 2. The third-order valence-corrected chi connectivity index (χ3v) is 6.18. The molecule has 0 bridgehead atoms. The van der Waals surface area contributed by atoms with Gasteiger partial charge in [0.15, 0.2) is 15.8 Å². The molecule has 0 radical (unpaired) electrons. The second-order valence-electron chi connectivity index (χ2n) is 4.73. The summed E-state index contributed by atoms with van der Waals surface area (Å²) in [6.07, 6.45) is 5.19. The lowest BCUT2D eigenvalue weighted by molar-refractivity contribution is 0.334. The Kier molecular flexibility index (Phi) is 2.62. The number of fused-ring (bicyclic) bond motifs is 2. The summed E-state index contributed by atoms with van der Waals surface area (Å²) in [6.45, 7) is 1.22. The van der Waals surface area contributed by atoms with E-state index in [9.17, 15) is 8.42 Å². The lowest BCUT2D eigenvalue weighted by Crippen LogP contribution is -2.38. The van der Waals surface area contributed by atoms with Gasteiger partial charge in [-0.2, -0.15) is 4.31 Å². The molecule has 3 aromatic heterocycles. The molecule has 8 nitrogen and oxygen atoms in total. The first-order chi connectivity index (χ1) is 10.1. The Morgan fingerprint density at radius 2 is 2.14 bits per heavy atom. The highest BCUT2D eigenvalue weighted by Crippen LogP contribution is 2.28. The minimum Gasteiger partial charge on any atom is -0.381 e. The molecule has 0 aromatic carbocycles. The van der Waals surface area contributed by atoms with Crippen molar-refractivity contribution in [3.05, 3.63) is 29.8 Å². The number of anilines is 1. The highest BCUT2D eigenvalue weighted by molar-refractivity contribution is 7.89. The van der Waals surface area contributed by atoms with Crippen molar-refractivity contribution in [1.82, 2.24) is 23.2 Å². The van der Waals surface area contributed by atoms with Crippen LogP contribution in [0, 0.1) is 0 Å². The zero-order valence-corrected chi connectivity index (χ0v) is 12.5. The number of thiazole rings is 1. The van der Waals surface area contributed by atoms with Crippen molar-refractivity contribution < 1.29 is 8.42 Å². The van der Waals surface area contributed by atoms with Crippen LogP contribution >= 0.6 is 11.3 Å². The SMILES string of the molecule is Nc1nc2sccn2c1S(=O)(=O)N1CCn2ccnc2C1. The van der Waals surface area contributed by atoms with Crippen LogP contribution in [0.15, 0.2) is 29.0 Å². The normalized spacial score (nSPS) is 16.4. The van der Waals surface area contributed by atoms with Gasteiger partial charge in [-0.05, 0) is 0 Å². The fraction of sp³-hybridized carbons (Fsp3) is 0.273. The molecule has 1 aliphatic rings. The minimum atomic E-state index is -3.70. The number of aromatic nitrogens is 4. The van der Waals surface area contributed by atoms with Crippen molar-refractivity contribution in [2.24, 2.45) is 0 Å². The van der Waals surface area contributed by atoms with Crippen LogP contribution < -0.4 is 5.73 Å². The van der Waals surface area contributed by atoms with Gasteiger partial charge < -0.3 is 10.3 Å². The lowest BCUT2D eigenvalue weighted by atomic mass is 10.4. The van der Waals surface area contributed by atoms with E-state index in [1.54, 1.807) is 17.8 Å². The van der Waals surface area contributed by atoms with Crippen LogP contribution in [0.25, 0.3) is 4.96 Å². The maximum atomic E-state index is 12.9. The molecular weight excluding hydrogens is 312 g/mol. The second kappa shape index (κ2) is 4.29. The van der Waals surface area contributed by atoms with E-state index in [2.05, 4.69) is 9.97 Å². The Balaban J connectivity index is 1.81. The summed E-state index contributed by atoms with van der Waals surface area (Å²) in [6, 6.07) is 0. The van der Waals surface area contributed by atoms with Crippen LogP contribution in [0.2, 0.25) is 0 Å². The Morgan fingerprint density at radius 3 is 3.00 bits per heavy atom. The quantitative estimate of drug-likeness (QED) is 0.735. The van der Waals surface area contributed by atoms with Gasteiger partial charge in [-0.1, -0.05) is 0 Å². The van der Waals surface area contributed by atoms with Crippen molar-refractivity contribution in [2.45, 2.75) is 18.1 Å². The summed E-state index contributed by atoms with van der Waals surface area (Å²) in [5, 5.41) is 1.82. The molecule has 0 spiro atoms. The maximum absolute atomic E-state index is 12.9. The van der Waals surface area contributed by atoms with Crippen LogP contribution in [0.3, 0.4) is 0 Å². The monoisotopic (exact) mass is 324 g/mol. The Labute approximate surface area is 124 Å². The molecular formula is C11H12N6O2S2. The number of nitrogens with two attached hydrogens (primary N) is 1. The van der Waals surface area contributed by atoms with Gasteiger partial charge in [0.1, 0.15) is 5.82 Å². The van der Waals surface area contributed by atoms with Gasteiger partial charge in [0.25, 0.3) is 10.0 Å². The predicted molar refractivity (Wildman–Crippen MR) is 77.3 cm³/mol. The standard InChI is InChI=1S/C11H12N6O2S2/c12-9-10(17-5-6-20-11(17)14-9)21(18,19)16-4-3-15-2-1-13-8(15)7-16/h1-2,5-6H,3-4,7,12H2. The van der Waals surface area contributed by atoms with Crippen LogP contribution in [0.5, 0.6) is 0 Å². The summed E-state index contributed by atoms with van der Waals surface area (Å²) in [5.41, 5.74) is 5.81. The largest absolute Gasteiger partial charge is 0.381 e. The predicted octanol–water partition coefficient (Wildman–Crippen LogP) is 0.379. The average molecular weight is 324 g/mol. The van der Waals surface area contributed by atoms with Crippen LogP contribution in [-0.2, 0) is 23.1 Å². The number of hydrogen-bond donors (Lipinski definition) is 1. The summed E-state index contributed by atoms with van der Waals surface area (Å²) >= 11 is 1.35. The van der Waals surface area contributed by atoms with Gasteiger partial charge in [-0.25, -0.2) is 18.4 Å². The molecule has 0 amide bonds. The second-order valence-corrected chi connectivity index (χ2v) is 7.46. The van der Waals surface area contributed by atoms with Crippen LogP contribution in [-0.4, -0.2) is 38.2 Å². The van der Waals surface area contributed by atoms with E-state index in [1.807, 2.05) is 10.8 Å². The molecule has 0 saturated heterocycles. The van der Waals surface area contributed by atoms with Crippen molar-refractivity contribution in [3.8, 4) is 0 Å². The molecule has 4 rings (SSSR count). The number of imidazole rings is 2. The van der Waals surface area contributed by atoms with E-state index in [4.69, 9.17) is 5.73 Å². The van der Waals surface area contributed by atoms with Crippen molar-refractivity contribution in [3.63, 3.8) is 0 Å². The molecule has 2 N–H and O–H groups in total. The molecule has 0 fully saturated rings. The van der Waals surface area contributed by atoms with Crippen LogP contribution in [0.4, 0.5) is 5.82 Å². The van der Waals surface area contributed by atoms with E-state index in [0.29, 0.717) is 18.1 Å². The van der Waals surface area contributed by atoms with E-state index in [-0.39, 0.29) is 17.4 Å². The van der Waals surface area contributed by atoms with E-state index >= 15 is 0 Å². The summed E-state index contributed by atoms with van der Waals surface area (Å²) in [4.78, 5) is 8.86. The highest BCUT2D eigenvalue weighted by Gasteiger charge is 2.33. The zero-order valence-electron chi connectivity index (χ0n) is 10.9. The highest BCUT2D eigenvalue weighted by atomic mass is 32.2. The van der Waals surface area contributed by atoms with Crippen molar-refractivity contribution >= 4 is 32.1 Å². The molecule has 3 aromatic rings. The molecule has 21 heavy (non-hydrogen) atoms.